The molecule has 3 aromatic rings. The van der Waals surface area contributed by atoms with Crippen molar-refractivity contribution in [3.63, 3.8) is 0 Å². The van der Waals surface area contributed by atoms with E-state index in [9.17, 15) is 9.59 Å². The fourth-order valence-corrected chi connectivity index (χ4v) is 5.74. The molecule has 0 spiro atoms. The second-order valence-corrected chi connectivity index (χ2v) is 11.7. The predicted molar refractivity (Wildman–Crippen MR) is 155 cm³/mol. The van der Waals surface area contributed by atoms with Crippen LogP contribution in [-0.4, -0.2) is 71.5 Å². The van der Waals surface area contributed by atoms with E-state index in [0.29, 0.717) is 24.7 Å². The lowest BCUT2D eigenvalue weighted by atomic mass is 9.80. The van der Waals surface area contributed by atoms with Gasteiger partial charge in [-0.2, -0.15) is 0 Å². The maximum absolute atomic E-state index is 12.8. The van der Waals surface area contributed by atoms with Crippen LogP contribution in [0.5, 0.6) is 5.75 Å². The van der Waals surface area contributed by atoms with Crippen molar-refractivity contribution < 1.29 is 14.3 Å². The van der Waals surface area contributed by atoms with E-state index in [2.05, 4.69) is 61.3 Å². The van der Waals surface area contributed by atoms with Gasteiger partial charge in [0.05, 0.1) is 22.9 Å². The molecule has 4 rings (SSSR count). The summed E-state index contributed by atoms with van der Waals surface area (Å²) in [6.07, 6.45) is 4.14. The summed E-state index contributed by atoms with van der Waals surface area (Å²) < 4.78 is 5.90. The Morgan fingerprint density at radius 3 is 2.67 bits per heavy atom. The minimum Gasteiger partial charge on any atom is -0.494 e. The molecule has 208 valence electrons. The highest BCUT2D eigenvalue weighted by atomic mass is 32.1. The minimum absolute atomic E-state index is 0.339. The molecule has 1 aliphatic rings. The maximum Gasteiger partial charge on any atom is 0.324 e. The Kier molecular flexibility index (Phi) is 8.87. The number of urea groups is 1. The fourth-order valence-electron chi connectivity index (χ4n) is 4.79. The van der Waals surface area contributed by atoms with E-state index >= 15 is 0 Å². The number of hydrogen-bond acceptors (Lipinski definition) is 7. The Labute approximate surface area is 234 Å². The number of nitrogens with one attached hydrogen (secondary N) is 1. The van der Waals surface area contributed by atoms with Crippen molar-refractivity contribution in [2.75, 3.05) is 39.1 Å². The number of primary amides is 1. The average molecular weight is 551 g/mol. The smallest absolute Gasteiger partial charge is 0.324 e. The Morgan fingerprint density at radius 1 is 1.23 bits per heavy atom. The highest BCUT2D eigenvalue weighted by Crippen LogP contribution is 2.37. The first-order chi connectivity index (χ1) is 18.6. The van der Waals surface area contributed by atoms with Crippen molar-refractivity contribution in [3.8, 4) is 16.2 Å². The molecular formula is C29H38N6O3S. The van der Waals surface area contributed by atoms with Gasteiger partial charge in [-0.25, -0.2) is 9.78 Å². The Balaban J connectivity index is 1.47. The number of ether oxygens (including phenoxy) is 1. The minimum atomic E-state index is -0.570. The number of aromatic nitrogens is 2. The molecular weight excluding hydrogens is 512 g/mol. The molecule has 1 saturated heterocycles. The second-order valence-electron chi connectivity index (χ2n) is 10.7. The maximum atomic E-state index is 12.8. The molecule has 0 radical (unpaired) electrons. The number of nitrogens with zero attached hydrogens (tertiary/aromatic N) is 4. The van der Waals surface area contributed by atoms with Gasteiger partial charge in [0.1, 0.15) is 11.8 Å². The number of amides is 3. The van der Waals surface area contributed by atoms with Crippen LogP contribution < -0.4 is 15.8 Å². The monoisotopic (exact) mass is 550 g/mol. The Morgan fingerprint density at radius 2 is 1.97 bits per heavy atom. The number of aryl methyl sites for hydroxylation is 1. The molecule has 2 aromatic heterocycles. The summed E-state index contributed by atoms with van der Waals surface area (Å²) in [6, 6.07) is 11.3. The van der Waals surface area contributed by atoms with Crippen LogP contribution in [-0.2, 0) is 10.2 Å². The van der Waals surface area contributed by atoms with Crippen molar-refractivity contribution in [1.29, 1.82) is 0 Å². The summed E-state index contributed by atoms with van der Waals surface area (Å²) in [5, 5.41) is 3.34. The van der Waals surface area contributed by atoms with E-state index in [1.54, 1.807) is 0 Å². The van der Waals surface area contributed by atoms with Gasteiger partial charge in [0.2, 0.25) is 5.91 Å². The van der Waals surface area contributed by atoms with Crippen LogP contribution in [0, 0.1) is 6.92 Å². The molecule has 10 heteroatoms. The van der Waals surface area contributed by atoms with Gasteiger partial charge < -0.3 is 20.3 Å². The molecule has 3 N–H and O–H groups in total. The third kappa shape index (κ3) is 6.75. The van der Waals surface area contributed by atoms with Gasteiger partial charge in [-0.3, -0.25) is 15.1 Å². The molecule has 0 unspecified atom stereocenters. The molecule has 0 saturated carbocycles. The van der Waals surface area contributed by atoms with E-state index in [1.807, 2.05) is 31.3 Å². The quantitative estimate of drug-likeness (QED) is 0.355. The molecule has 3 amide bonds. The van der Waals surface area contributed by atoms with E-state index in [4.69, 9.17) is 15.5 Å². The van der Waals surface area contributed by atoms with Crippen LogP contribution in [0.15, 0.2) is 42.6 Å². The van der Waals surface area contributed by atoms with Crippen LogP contribution >= 0.6 is 11.3 Å². The summed E-state index contributed by atoms with van der Waals surface area (Å²) in [6.45, 7) is 8.42. The van der Waals surface area contributed by atoms with Crippen molar-refractivity contribution in [1.82, 2.24) is 19.8 Å². The normalized spacial score (nSPS) is 15.5. The molecule has 1 atom stereocenters. The van der Waals surface area contributed by atoms with Crippen LogP contribution in [0.3, 0.4) is 0 Å². The summed E-state index contributed by atoms with van der Waals surface area (Å²) in [5.41, 5.74) is 9.00. The molecule has 1 aliphatic heterocycles. The SMILES string of the molecule is Cc1nc(NC(=O)N2CCC[C@H]2C(N)=O)sc1-c1ccnc(C(C)(C)c2ccc(OCCCN(C)C)cc2)c1. The number of likely N-dealkylation sites (tertiary alicyclic amines) is 1. The fraction of sp³-hybridized carbons (Fsp3) is 0.448. The number of hydrogen-bond donors (Lipinski definition) is 2. The van der Waals surface area contributed by atoms with Crippen molar-refractivity contribution in [3.05, 3.63) is 59.5 Å². The number of carbonyl (C=O) groups is 2. The third-order valence-corrected chi connectivity index (χ3v) is 8.23. The first-order valence-electron chi connectivity index (χ1n) is 13.3. The molecule has 9 nitrogen and oxygen atoms in total. The first-order valence-corrected chi connectivity index (χ1v) is 14.1. The number of thiazole rings is 1. The predicted octanol–water partition coefficient (Wildman–Crippen LogP) is 4.65. The van der Waals surface area contributed by atoms with E-state index < -0.39 is 11.9 Å². The van der Waals surface area contributed by atoms with E-state index in [-0.39, 0.29) is 11.4 Å². The first kappa shape index (κ1) is 28.5. The van der Waals surface area contributed by atoms with Crippen LogP contribution in [0.2, 0.25) is 0 Å². The zero-order valence-corrected chi connectivity index (χ0v) is 24.2. The van der Waals surface area contributed by atoms with Crippen molar-refractivity contribution in [2.45, 2.75) is 51.5 Å². The Bertz CT molecular complexity index is 1300. The van der Waals surface area contributed by atoms with Gasteiger partial charge in [-0.15, -0.1) is 0 Å². The standard InChI is InChI=1S/C29H38N6O3S/c1-19-25(39-27(32-19)33-28(37)35-16-6-8-23(35)26(30)36)20-13-14-31-24(18-20)29(2,3)21-9-11-22(12-10-21)38-17-7-15-34(4)5/h9-14,18,23H,6-8,15-17H2,1-5H3,(H2,30,36)(H,32,33,37)/t23-/m0/s1. The zero-order valence-electron chi connectivity index (χ0n) is 23.4. The highest BCUT2D eigenvalue weighted by Gasteiger charge is 2.33. The molecule has 0 bridgehead atoms. The zero-order chi connectivity index (χ0) is 28.2. The van der Waals surface area contributed by atoms with Gasteiger partial charge in [0.15, 0.2) is 5.13 Å². The number of nitrogens with two attached hydrogens (primary N) is 1. The number of pyridine rings is 1. The molecule has 39 heavy (non-hydrogen) atoms. The average Bonchev–Trinajstić information content (AvgIpc) is 3.54. The number of rotatable bonds is 10. The lowest BCUT2D eigenvalue weighted by molar-refractivity contribution is -0.121. The van der Waals surface area contributed by atoms with Crippen LogP contribution in [0.4, 0.5) is 9.93 Å². The molecule has 1 aromatic carbocycles. The largest absolute Gasteiger partial charge is 0.494 e. The number of benzene rings is 1. The third-order valence-electron chi connectivity index (χ3n) is 7.11. The number of carbonyl (C=O) groups excluding carboxylic acids is 2. The number of anilines is 1. The van der Waals surface area contributed by atoms with Gasteiger partial charge >= 0.3 is 6.03 Å². The van der Waals surface area contributed by atoms with E-state index in [0.717, 1.165) is 52.5 Å². The summed E-state index contributed by atoms with van der Waals surface area (Å²) in [7, 11) is 4.12. The topological polar surface area (TPSA) is 114 Å². The highest BCUT2D eigenvalue weighted by molar-refractivity contribution is 7.19. The Hall–Kier alpha value is -3.50. The summed E-state index contributed by atoms with van der Waals surface area (Å²) in [5.74, 6) is 0.383. The van der Waals surface area contributed by atoms with Crippen molar-refractivity contribution in [2.24, 2.45) is 5.73 Å². The van der Waals surface area contributed by atoms with E-state index in [1.165, 1.54) is 16.2 Å². The van der Waals surface area contributed by atoms with Crippen LogP contribution in [0.1, 0.15) is 50.1 Å². The summed E-state index contributed by atoms with van der Waals surface area (Å²) >= 11 is 1.40. The lowest BCUT2D eigenvalue weighted by Crippen LogP contribution is -2.45. The van der Waals surface area contributed by atoms with Crippen molar-refractivity contribution >= 4 is 28.4 Å². The molecule has 3 heterocycles. The molecule has 0 aliphatic carbocycles. The van der Waals surface area contributed by atoms with Crippen LogP contribution in [0.25, 0.3) is 10.4 Å². The summed E-state index contributed by atoms with van der Waals surface area (Å²) in [4.78, 5) is 38.4. The van der Waals surface area contributed by atoms with Gasteiger partial charge in [-0.1, -0.05) is 37.3 Å². The lowest BCUT2D eigenvalue weighted by Gasteiger charge is -2.25. The van der Waals surface area contributed by atoms with Gasteiger partial charge in [0.25, 0.3) is 0 Å². The van der Waals surface area contributed by atoms with Gasteiger partial charge in [-0.05, 0) is 75.7 Å². The second kappa shape index (κ2) is 12.1. The molecule has 1 fully saturated rings. The van der Waals surface area contributed by atoms with Gasteiger partial charge in [0, 0.05) is 24.7 Å².